The van der Waals surface area contributed by atoms with Crippen LogP contribution in [0.15, 0.2) is 46.6 Å². The lowest BCUT2D eigenvalue weighted by Gasteiger charge is -2.14. The third-order valence-corrected chi connectivity index (χ3v) is 4.39. The average molecular weight is 329 g/mol. The summed E-state index contributed by atoms with van der Waals surface area (Å²) in [6, 6.07) is 10.8. The van der Waals surface area contributed by atoms with Crippen LogP contribution in [0.3, 0.4) is 0 Å². The van der Waals surface area contributed by atoms with Crippen molar-refractivity contribution in [2.75, 3.05) is 13.7 Å². The number of carbonyl (C=O) groups is 1. The number of para-hydroxylation sites is 1. The molecule has 0 unspecified atom stereocenters. The Balaban J connectivity index is 1.77. The summed E-state index contributed by atoms with van der Waals surface area (Å²) in [6.07, 6.45) is -0.230. The molecule has 0 bridgehead atoms. The van der Waals surface area contributed by atoms with Crippen LogP contribution < -0.4 is 10.9 Å². The smallest absolute Gasteiger partial charge is 0.287 e. The van der Waals surface area contributed by atoms with Crippen LogP contribution in [0.1, 0.15) is 21.6 Å². The first-order chi connectivity index (χ1) is 11.2. The van der Waals surface area contributed by atoms with Gasteiger partial charge in [0.1, 0.15) is 6.10 Å². The molecule has 1 aromatic carbocycles. The van der Waals surface area contributed by atoms with Crippen molar-refractivity contribution >= 4 is 28.1 Å². The Kier molecular flexibility index (Phi) is 4.50. The molecule has 1 amide bonds. The van der Waals surface area contributed by atoms with Gasteiger partial charge >= 0.3 is 0 Å². The minimum Gasteiger partial charge on any atom is -0.374 e. The maximum atomic E-state index is 12.2. The van der Waals surface area contributed by atoms with Crippen molar-refractivity contribution in [2.45, 2.75) is 6.10 Å². The van der Waals surface area contributed by atoms with E-state index < -0.39 is 5.91 Å². The highest BCUT2D eigenvalue weighted by molar-refractivity contribution is 7.10. The number of aromatic nitrogens is 2. The number of H-pyrrole nitrogens is 1. The van der Waals surface area contributed by atoms with Crippen LogP contribution in [-0.4, -0.2) is 29.5 Å². The minimum absolute atomic E-state index is 0.00488. The topological polar surface area (TPSA) is 84.1 Å². The molecule has 3 rings (SSSR count). The van der Waals surface area contributed by atoms with Crippen LogP contribution in [0, 0.1) is 0 Å². The van der Waals surface area contributed by atoms with Gasteiger partial charge in [0.15, 0.2) is 5.82 Å². The Bertz CT molecular complexity index is 874. The van der Waals surface area contributed by atoms with Gasteiger partial charge in [0.05, 0.1) is 10.9 Å². The first kappa shape index (κ1) is 15.4. The molecule has 0 saturated carbocycles. The molecule has 0 aliphatic heterocycles. The number of benzene rings is 1. The molecule has 23 heavy (non-hydrogen) atoms. The van der Waals surface area contributed by atoms with Crippen molar-refractivity contribution < 1.29 is 9.53 Å². The van der Waals surface area contributed by atoms with E-state index in [9.17, 15) is 9.59 Å². The van der Waals surface area contributed by atoms with Crippen molar-refractivity contribution in [1.29, 1.82) is 0 Å². The van der Waals surface area contributed by atoms with Gasteiger partial charge in [-0.25, -0.2) is 4.98 Å². The number of nitrogens with zero attached hydrogens (tertiary/aromatic N) is 1. The molecule has 1 atom stereocenters. The molecule has 2 heterocycles. The number of nitrogens with one attached hydrogen (secondary N) is 2. The molecule has 0 saturated heterocycles. The monoisotopic (exact) mass is 329 g/mol. The largest absolute Gasteiger partial charge is 0.374 e. The quantitative estimate of drug-likeness (QED) is 0.751. The number of fused-ring (bicyclic) bond motifs is 1. The zero-order valence-electron chi connectivity index (χ0n) is 12.4. The third kappa shape index (κ3) is 3.30. The first-order valence-corrected chi connectivity index (χ1v) is 7.90. The van der Waals surface area contributed by atoms with Crippen molar-refractivity contribution in [3.8, 4) is 0 Å². The zero-order chi connectivity index (χ0) is 16.2. The standard InChI is InChI=1S/C16H15N3O3S/c1-22-12(13-7-4-8-23-13)9-17-16(21)14-18-11-6-3-2-5-10(11)15(20)19-14/h2-8,12H,9H2,1H3,(H,17,21)(H,18,19,20)/t12-/m0/s1. The van der Waals surface area contributed by atoms with Crippen LogP contribution in [-0.2, 0) is 4.74 Å². The second kappa shape index (κ2) is 6.72. The molecule has 3 aromatic rings. The molecule has 2 aromatic heterocycles. The second-order valence-corrected chi connectivity index (χ2v) is 5.86. The fraction of sp³-hybridized carbons (Fsp3) is 0.188. The summed E-state index contributed by atoms with van der Waals surface area (Å²) in [5.41, 5.74) is 0.158. The van der Waals surface area contributed by atoms with Gasteiger partial charge in [-0.3, -0.25) is 9.59 Å². The van der Waals surface area contributed by atoms with E-state index in [0.29, 0.717) is 17.4 Å². The summed E-state index contributed by atoms with van der Waals surface area (Å²) in [5.74, 6) is -0.443. The van der Waals surface area contributed by atoms with Gasteiger partial charge in [-0.1, -0.05) is 18.2 Å². The number of thiophene rings is 1. The Morgan fingerprint density at radius 2 is 2.17 bits per heavy atom. The molecular weight excluding hydrogens is 314 g/mol. The van der Waals surface area contributed by atoms with E-state index in [1.165, 1.54) is 0 Å². The lowest BCUT2D eigenvalue weighted by Crippen LogP contribution is -2.31. The number of amides is 1. The van der Waals surface area contributed by atoms with Gasteiger partial charge < -0.3 is 15.0 Å². The van der Waals surface area contributed by atoms with Crippen molar-refractivity contribution in [3.05, 3.63) is 62.8 Å². The van der Waals surface area contributed by atoms with Crippen LogP contribution >= 0.6 is 11.3 Å². The molecule has 6 nitrogen and oxygen atoms in total. The molecule has 0 fully saturated rings. The van der Waals surface area contributed by atoms with Gasteiger partial charge in [-0.05, 0) is 23.6 Å². The summed E-state index contributed by atoms with van der Waals surface area (Å²) >= 11 is 1.56. The lowest BCUT2D eigenvalue weighted by molar-refractivity contribution is 0.0829. The number of carbonyl (C=O) groups excluding carboxylic acids is 1. The Labute approximate surface area is 136 Å². The summed E-state index contributed by atoms with van der Waals surface area (Å²) in [5, 5.41) is 5.15. The summed E-state index contributed by atoms with van der Waals surface area (Å²) in [7, 11) is 1.59. The maximum Gasteiger partial charge on any atom is 0.287 e. The summed E-state index contributed by atoms with van der Waals surface area (Å²) in [4.78, 5) is 31.9. The SMILES string of the molecule is CO[C@@H](CNC(=O)c1nc2ccccc2c(=O)[nH]1)c1cccs1. The molecule has 118 valence electrons. The fourth-order valence-electron chi connectivity index (χ4n) is 2.24. The van der Waals surface area contributed by atoms with Gasteiger partial charge in [0.25, 0.3) is 11.5 Å². The van der Waals surface area contributed by atoms with Gasteiger partial charge in [0.2, 0.25) is 0 Å². The highest BCUT2D eigenvalue weighted by Gasteiger charge is 2.16. The number of methoxy groups -OCH3 is 1. The van der Waals surface area contributed by atoms with E-state index in [0.717, 1.165) is 4.88 Å². The van der Waals surface area contributed by atoms with Crippen LogP contribution in [0.4, 0.5) is 0 Å². The number of ether oxygens (including phenoxy) is 1. The fourth-order valence-corrected chi connectivity index (χ4v) is 3.04. The molecule has 0 spiro atoms. The summed E-state index contributed by atoms with van der Waals surface area (Å²) < 4.78 is 5.38. The molecule has 0 radical (unpaired) electrons. The minimum atomic E-state index is -0.438. The molecule has 0 aliphatic rings. The molecule has 0 aliphatic carbocycles. The van der Waals surface area contributed by atoms with Crippen molar-refractivity contribution in [1.82, 2.24) is 15.3 Å². The molecular formula is C16H15N3O3S. The van der Waals surface area contributed by atoms with Gasteiger partial charge in [-0.15, -0.1) is 11.3 Å². The van der Waals surface area contributed by atoms with Crippen molar-refractivity contribution in [3.63, 3.8) is 0 Å². The third-order valence-electron chi connectivity index (χ3n) is 3.42. The average Bonchev–Trinajstić information content (AvgIpc) is 3.09. The number of hydrogen-bond acceptors (Lipinski definition) is 5. The van der Waals surface area contributed by atoms with Gasteiger partial charge in [0, 0.05) is 18.5 Å². The summed E-state index contributed by atoms with van der Waals surface area (Å²) in [6.45, 7) is 0.298. The number of hydrogen-bond donors (Lipinski definition) is 2. The zero-order valence-corrected chi connectivity index (χ0v) is 13.2. The van der Waals surface area contributed by atoms with Gasteiger partial charge in [-0.2, -0.15) is 0 Å². The predicted molar refractivity (Wildman–Crippen MR) is 88.8 cm³/mol. The van der Waals surface area contributed by atoms with Crippen LogP contribution in [0.5, 0.6) is 0 Å². The molecule has 7 heteroatoms. The Hall–Kier alpha value is -2.51. The van der Waals surface area contributed by atoms with Crippen LogP contribution in [0.25, 0.3) is 10.9 Å². The Morgan fingerprint density at radius 3 is 2.91 bits per heavy atom. The highest BCUT2D eigenvalue weighted by Crippen LogP contribution is 2.21. The first-order valence-electron chi connectivity index (χ1n) is 7.02. The van der Waals surface area contributed by atoms with E-state index in [1.807, 2.05) is 17.5 Å². The van der Waals surface area contributed by atoms with E-state index in [1.54, 1.807) is 42.7 Å². The van der Waals surface area contributed by atoms with Crippen molar-refractivity contribution in [2.24, 2.45) is 0 Å². The normalized spacial score (nSPS) is 12.2. The van der Waals surface area contributed by atoms with E-state index in [-0.39, 0.29) is 17.5 Å². The van der Waals surface area contributed by atoms with Crippen LogP contribution in [0.2, 0.25) is 0 Å². The predicted octanol–water partition coefficient (Wildman–Crippen LogP) is 2.10. The van der Waals surface area contributed by atoms with E-state index in [2.05, 4.69) is 15.3 Å². The second-order valence-electron chi connectivity index (χ2n) is 4.88. The van der Waals surface area contributed by atoms with E-state index in [4.69, 9.17) is 4.74 Å². The lowest BCUT2D eigenvalue weighted by atomic mass is 10.2. The number of rotatable bonds is 5. The molecule has 2 N–H and O–H groups in total. The maximum absolute atomic E-state index is 12.2. The Morgan fingerprint density at radius 1 is 1.35 bits per heavy atom. The highest BCUT2D eigenvalue weighted by atomic mass is 32.1. The number of aromatic amines is 1. The van der Waals surface area contributed by atoms with E-state index >= 15 is 0 Å².